The molecule has 6 heteroatoms. The Hall–Kier alpha value is -2.24. The number of methoxy groups -OCH3 is 2. The van der Waals surface area contributed by atoms with Crippen molar-refractivity contribution in [2.75, 3.05) is 20.8 Å². The van der Waals surface area contributed by atoms with E-state index in [1.807, 2.05) is 0 Å². The second-order valence-corrected chi connectivity index (χ2v) is 3.85. The predicted molar refractivity (Wildman–Crippen MR) is 68.5 cm³/mol. The molecule has 0 atom stereocenters. The first-order valence-electron chi connectivity index (χ1n) is 5.76. The summed E-state index contributed by atoms with van der Waals surface area (Å²) in [4.78, 5) is 22.0. The molecule has 0 aliphatic heterocycles. The molecule has 0 saturated carbocycles. The molecular weight excluding hydrogens is 250 g/mol. The number of aliphatic carboxylic acids is 1. The van der Waals surface area contributed by atoms with Crippen LogP contribution in [0.2, 0.25) is 0 Å². The number of rotatable bonds is 7. The van der Waals surface area contributed by atoms with Crippen LogP contribution in [0.5, 0.6) is 11.5 Å². The van der Waals surface area contributed by atoms with Gasteiger partial charge in [0.1, 0.15) is 11.5 Å². The summed E-state index contributed by atoms with van der Waals surface area (Å²) in [5.41, 5.74) is 0.719. The molecule has 0 radical (unpaired) electrons. The minimum Gasteiger partial charge on any atom is -0.497 e. The van der Waals surface area contributed by atoms with Crippen molar-refractivity contribution in [3.8, 4) is 11.5 Å². The topological polar surface area (TPSA) is 84.9 Å². The summed E-state index contributed by atoms with van der Waals surface area (Å²) in [5.74, 6) is 0.0201. The van der Waals surface area contributed by atoms with E-state index >= 15 is 0 Å². The lowest BCUT2D eigenvalue weighted by atomic mass is 10.1. The molecule has 1 aromatic rings. The number of ether oxygens (including phenoxy) is 2. The zero-order valence-electron chi connectivity index (χ0n) is 10.9. The van der Waals surface area contributed by atoms with Crippen molar-refractivity contribution in [2.24, 2.45) is 0 Å². The Balaban J connectivity index is 2.60. The van der Waals surface area contributed by atoms with E-state index in [1.54, 1.807) is 25.3 Å². The summed E-state index contributed by atoms with van der Waals surface area (Å²) >= 11 is 0. The van der Waals surface area contributed by atoms with E-state index in [-0.39, 0.29) is 25.3 Å². The van der Waals surface area contributed by atoms with Crippen LogP contribution in [-0.2, 0) is 16.0 Å². The van der Waals surface area contributed by atoms with E-state index in [9.17, 15) is 9.59 Å². The second-order valence-electron chi connectivity index (χ2n) is 3.85. The molecule has 0 unspecified atom stereocenters. The van der Waals surface area contributed by atoms with Gasteiger partial charge in [0.25, 0.3) is 0 Å². The second kappa shape index (κ2) is 7.25. The predicted octanol–water partition coefficient (Wildman–Crippen LogP) is 0.837. The highest BCUT2D eigenvalue weighted by Gasteiger charge is 2.10. The number of benzene rings is 1. The van der Waals surface area contributed by atoms with Gasteiger partial charge in [-0.05, 0) is 6.07 Å². The number of hydrogen-bond donors (Lipinski definition) is 2. The van der Waals surface area contributed by atoms with E-state index in [2.05, 4.69) is 5.32 Å². The van der Waals surface area contributed by atoms with Crippen molar-refractivity contribution in [1.82, 2.24) is 5.32 Å². The van der Waals surface area contributed by atoms with Gasteiger partial charge in [-0.15, -0.1) is 0 Å². The largest absolute Gasteiger partial charge is 0.497 e. The fourth-order valence-corrected chi connectivity index (χ4v) is 1.54. The van der Waals surface area contributed by atoms with Crippen molar-refractivity contribution in [1.29, 1.82) is 0 Å². The Morgan fingerprint density at radius 1 is 1.26 bits per heavy atom. The van der Waals surface area contributed by atoms with Crippen LogP contribution >= 0.6 is 0 Å². The first-order chi connectivity index (χ1) is 9.06. The van der Waals surface area contributed by atoms with Crippen molar-refractivity contribution >= 4 is 11.9 Å². The number of carboxylic acids is 1. The van der Waals surface area contributed by atoms with E-state index in [0.29, 0.717) is 11.5 Å². The van der Waals surface area contributed by atoms with Crippen LogP contribution in [0.1, 0.15) is 12.0 Å². The molecule has 19 heavy (non-hydrogen) atoms. The van der Waals surface area contributed by atoms with Gasteiger partial charge in [0, 0.05) is 18.2 Å². The summed E-state index contributed by atoms with van der Waals surface area (Å²) in [5, 5.41) is 11.0. The molecule has 0 aromatic heterocycles. The lowest BCUT2D eigenvalue weighted by Gasteiger charge is -2.10. The summed E-state index contributed by atoms with van der Waals surface area (Å²) < 4.78 is 10.2. The normalized spacial score (nSPS) is 9.79. The van der Waals surface area contributed by atoms with Crippen LogP contribution in [0, 0.1) is 0 Å². The van der Waals surface area contributed by atoms with Crippen molar-refractivity contribution in [3.05, 3.63) is 23.8 Å². The number of hydrogen-bond acceptors (Lipinski definition) is 4. The van der Waals surface area contributed by atoms with Crippen LogP contribution in [-0.4, -0.2) is 37.7 Å². The first kappa shape index (κ1) is 14.8. The zero-order chi connectivity index (χ0) is 14.3. The molecule has 0 aliphatic carbocycles. The fraction of sp³-hybridized carbons (Fsp3) is 0.385. The van der Waals surface area contributed by atoms with Gasteiger partial charge in [-0.1, -0.05) is 6.07 Å². The molecule has 0 saturated heterocycles. The van der Waals surface area contributed by atoms with Crippen molar-refractivity contribution in [3.63, 3.8) is 0 Å². The van der Waals surface area contributed by atoms with E-state index in [0.717, 1.165) is 5.56 Å². The third-order valence-electron chi connectivity index (χ3n) is 2.51. The lowest BCUT2D eigenvalue weighted by Crippen LogP contribution is -2.27. The monoisotopic (exact) mass is 267 g/mol. The van der Waals surface area contributed by atoms with E-state index < -0.39 is 5.97 Å². The minimum absolute atomic E-state index is 0.0918. The Morgan fingerprint density at radius 2 is 2.00 bits per heavy atom. The maximum atomic E-state index is 11.6. The number of carboxylic acid groups (broad SMARTS) is 1. The van der Waals surface area contributed by atoms with E-state index in [1.165, 1.54) is 7.11 Å². The Kier molecular flexibility index (Phi) is 5.66. The highest BCUT2D eigenvalue weighted by molar-refractivity contribution is 5.80. The Morgan fingerprint density at radius 3 is 2.58 bits per heavy atom. The van der Waals surface area contributed by atoms with Crippen LogP contribution in [0.3, 0.4) is 0 Å². The molecular formula is C13H17NO5. The van der Waals surface area contributed by atoms with Gasteiger partial charge in [-0.25, -0.2) is 0 Å². The Bertz CT molecular complexity index is 458. The van der Waals surface area contributed by atoms with Crippen molar-refractivity contribution in [2.45, 2.75) is 12.8 Å². The molecule has 104 valence electrons. The molecule has 0 bridgehead atoms. The molecule has 6 nitrogen and oxygen atoms in total. The average Bonchev–Trinajstić information content (AvgIpc) is 2.38. The zero-order valence-corrected chi connectivity index (χ0v) is 10.9. The minimum atomic E-state index is -0.942. The number of carbonyl (C=O) groups excluding carboxylic acids is 1. The quantitative estimate of drug-likeness (QED) is 0.764. The number of amides is 1. The summed E-state index contributed by atoms with van der Waals surface area (Å²) in [6, 6.07) is 5.18. The molecule has 1 amide bonds. The van der Waals surface area contributed by atoms with Crippen LogP contribution < -0.4 is 14.8 Å². The van der Waals surface area contributed by atoms with Crippen LogP contribution in [0.4, 0.5) is 0 Å². The van der Waals surface area contributed by atoms with Gasteiger partial charge in [-0.3, -0.25) is 9.59 Å². The third kappa shape index (κ3) is 4.87. The van der Waals surface area contributed by atoms with Gasteiger partial charge in [0.15, 0.2) is 0 Å². The molecule has 0 spiro atoms. The molecule has 1 rings (SSSR count). The van der Waals surface area contributed by atoms with Crippen LogP contribution in [0.15, 0.2) is 18.2 Å². The van der Waals surface area contributed by atoms with Crippen LogP contribution in [0.25, 0.3) is 0 Å². The Labute approximate surface area is 111 Å². The molecule has 2 N–H and O–H groups in total. The fourth-order valence-electron chi connectivity index (χ4n) is 1.54. The summed E-state index contributed by atoms with van der Waals surface area (Å²) in [6.45, 7) is 0.118. The van der Waals surface area contributed by atoms with Gasteiger partial charge in [-0.2, -0.15) is 0 Å². The average molecular weight is 267 g/mol. The molecule has 1 aromatic carbocycles. The standard InChI is InChI=1S/C13H17NO5/c1-18-10-4-3-9(11(8-10)19-2)7-12(15)14-6-5-13(16)17/h3-4,8H,5-7H2,1-2H3,(H,14,15)(H,16,17). The van der Waals surface area contributed by atoms with Gasteiger partial charge >= 0.3 is 5.97 Å². The van der Waals surface area contributed by atoms with Crippen molar-refractivity contribution < 1.29 is 24.2 Å². The molecule has 0 aliphatic rings. The highest BCUT2D eigenvalue weighted by Crippen LogP contribution is 2.24. The van der Waals surface area contributed by atoms with Gasteiger partial charge < -0.3 is 19.9 Å². The first-order valence-corrected chi connectivity index (χ1v) is 5.76. The third-order valence-corrected chi connectivity index (χ3v) is 2.51. The number of carbonyl (C=O) groups is 2. The van der Waals surface area contributed by atoms with Gasteiger partial charge in [0.05, 0.1) is 27.1 Å². The smallest absolute Gasteiger partial charge is 0.305 e. The highest BCUT2D eigenvalue weighted by atomic mass is 16.5. The lowest BCUT2D eigenvalue weighted by molar-refractivity contribution is -0.136. The number of nitrogens with one attached hydrogen (secondary N) is 1. The van der Waals surface area contributed by atoms with E-state index in [4.69, 9.17) is 14.6 Å². The molecule has 0 heterocycles. The maximum Gasteiger partial charge on any atom is 0.305 e. The SMILES string of the molecule is COc1ccc(CC(=O)NCCC(=O)O)c(OC)c1. The molecule has 0 fully saturated rings. The maximum absolute atomic E-state index is 11.6. The summed E-state index contributed by atoms with van der Waals surface area (Å²) in [6.07, 6.45) is 0.0400. The summed E-state index contributed by atoms with van der Waals surface area (Å²) in [7, 11) is 3.06. The van der Waals surface area contributed by atoms with Gasteiger partial charge in [0.2, 0.25) is 5.91 Å².